The van der Waals surface area contributed by atoms with Crippen molar-refractivity contribution in [2.75, 3.05) is 26.2 Å². The lowest BCUT2D eigenvalue weighted by Crippen LogP contribution is -2.49. The maximum absolute atomic E-state index is 13.1. The largest absolute Gasteiger partial charge is 0.343 e. The number of hydrogen-bond acceptors (Lipinski definition) is 3. The summed E-state index contributed by atoms with van der Waals surface area (Å²) in [6.45, 7) is 12.5. The second-order valence-electron chi connectivity index (χ2n) is 7.94. The van der Waals surface area contributed by atoms with E-state index in [2.05, 4.69) is 23.6 Å². The molecule has 1 aliphatic heterocycles. The van der Waals surface area contributed by atoms with E-state index < -0.39 is 0 Å². The molecule has 0 N–H and O–H groups in total. The molecule has 2 heterocycles. The Kier molecular flexibility index (Phi) is 5.17. The number of amides is 1. The van der Waals surface area contributed by atoms with Gasteiger partial charge < -0.3 is 4.90 Å². The van der Waals surface area contributed by atoms with Crippen LogP contribution in [0.5, 0.6) is 0 Å². The topological polar surface area (TPSA) is 45.6 Å². The first-order chi connectivity index (χ1) is 14.0. The molecule has 152 valence electrons. The molecule has 0 saturated carbocycles. The molecule has 0 unspecified atom stereocenters. The molecule has 1 aromatic carbocycles. The highest BCUT2D eigenvalue weighted by molar-refractivity contribution is 6.03. The quantitative estimate of drug-likeness (QED) is 0.732. The molecule has 4 rings (SSSR count). The van der Waals surface area contributed by atoms with Gasteiger partial charge >= 0.3 is 0 Å². The summed E-state index contributed by atoms with van der Waals surface area (Å²) in [4.78, 5) is 29.6. The third-order valence-electron chi connectivity index (χ3n) is 6.34. The molecule has 2 atom stereocenters. The Morgan fingerprint density at radius 3 is 2.69 bits per heavy atom. The smallest absolute Gasteiger partial charge is 0.230 e. The monoisotopic (exact) mass is 391 g/mol. The summed E-state index contributed by atoms with van der Waals surface area (Å²) in [7, 11) is 0. The van der Waals surface area contributed by atoms with Crippen LogP contribution in [-0.4, -0.2) is 58.4 Å². The van der Waals surface area contributed by atoms with Crippen molar-refractivity contribution in [1.82, 2.24) is 14.4 Å². The van der Waals surface area contributed by atoms with Crippen molar-refractivity contribution < 1.29 is 9.59 Å². The molecular weight excluding hydrogens is 362 g/mol. The molecule has 2 aromatic rings. The lowest BCUT2D eigenvalue weighted by Gasteiger charge is -2.42. The first kappa shape index (κ1) is 19.6. The van der Waals surface area contributed by atoms with Crippen molar-refractivity contribution in [2.24, 2.45) is 5.92 Å². The van der Waals surface area contributed by atoms with Crippen molar-refractivity contribution in [1.29, 1.82) is 0 Å². The zero-order chi connectivity index (χ0) is 20.7. The van der Waals surface area contributed by atoms with E-state index in [-0.39, 0.29) is 23.8 Å². The van der Waals surface area contributed by atoms with E-state index in [4.69, 9.17) is 0 Å². The van der Waals surface area contributed by atoms with Gasteiger partial charge in [-0.15, -0.1) is 6.58 Å². The minimum atomic E-state index is -0.159. The van der Waals surface area contributed by atoms with Crippen molar-refractivity contribution in [3.63, 3.8) is 0 Å². The average Bonchev–Trinajstić information content (AvgIpc) is 3.10. The van der Waals surface area contributed by atoms with Crippen molar-refractivity contribution in [3.05, 3.63) is 54.3 Å². The standard InChI is InChI=1S/C24H29N3O2/c1-5-11-26-14-18(24(29)25(6-2)7-3)12-20-19-9-8-10-21-23(19)17(13-22(20)26)15-27(21)16(4)28/h5,8-10,12,15,18,22H,1,6-7,11,13-14H2,2-4H3/t18-,22-/m1/s1. The number of fused-ring (bicyclic) bond motifs is 2. The molecule has 5 heteroatoms. The summed E-state index contributed by atoms with van der Waals surface area (Å²) in [6, 6.07) is 6.35. The Labute approximate surface area is 172 Å². The van der Waals surface area contributed by atoms with Crippen LogP contribution < -0.4 is 0 Å². The molecule has 29 heavy (non-hydrogen) atoms. The van der Waals surface area contributed by atoms with E-state index in [0.29, 0.717) is 6.54 Å². The van der Waals surface area contributed by atoms with Gasteiger partial charge in [0, 0.05) is 50.7 Å². The van der Waals surface area contributed by atoms with E-state index in [0.717, 1.165) is 42.5 Å². The summed E-state index contributed by atoms with van der Waals surface area (Å²) in [5.41, 5.74) is 4.52. The van der Waals surface area contributed by atoms with Crippen LogP contribution in [0.2, 0.25) is 0 Å². The van der Waals surface area contributed by atoms with Crippen LogP contribution in [0.15, 0.2) is 43.1 Å². The molecular formula is C24H29N3O2. The Morgan fingerprint density at radius 2 is 2.03 bits per heavy atom. The fraction of sp³-hybridized carbons (Fsp3) is 0.417. The Bertz CT molecular complexity index is 1010. The summed E-state index contributed by atoms with van der Waals surface area (Å²) < 4.78 is 1.75. The van der Waals surface area contributed by atoms with Crippen molar-refractivity contribution in [2.45, 2.75) is 33.2 Å². The van der Waals surface area contributed by atoms with Gasteiger partial charge in [-0.25, -0.2) is 0 Å². The van der Waals surface area contributed by atoms with Crippen LogP contribution in [0.4, 0.5) is 0 Å². The molecule has 1 aromatic heterocycles. The average molecular weight is 392 g/mol. The number of rotatable bonds is 5. The third kappa shape index (κ3) is 3.14. The van der Waals surface area contributed by atoms with E-state index in [1.165, 1.54) is 11.1 Å². The molecule has 0 spiro atoms. The molecule has 0 saturated heterocycles. The fourth-order valence-corrected chi connectivity index (χ4v) is 4.98. The second kappa shape index (κ2) is 7.64. The van der Waals surface area contributed by atoms with Crippen LogP contribution in [0.1, 0.15) is 36.7 Å². The number of hydrogen-bond donors (Lipinski definition) is 0. The highest BCUT2D eigenvalue weighted by Crippen LogP contribution is 2.42. The van der Waals surface area contributed by atoms with Crippen LogP contribution in [-0.2, 0) is 11.2 Å². The summed E-state index contributed by atoms with van der Waals surface area (Å²) >= 11 is 0. The molecule has 1 amide bonds. The molecule has 2 aliphatic rings. The molecule has 5 nitrogen and oxygen atoms in total. The van der Waals surface area contributed by atoms with E-state index in [1.54, 1.807) is 11.5 Å². The van der Waals surface area contributed by atoms with Gasteiger partial charge in [-0.3, -0.25) is 19.1 Å². The van der Waals surface area contributed by atoms with Gasteiger partial charge in [-0.05, 0) is 43.0 Å². The summed E-state index contributed by atoms with van der Waals surface area (Å²) in [6.07, 6.45) is 6.94. The van der Waals surface area contributed by atoms with E-state index >= 15 is 0 Å². The lowest BCUT2D eigenvalue weighted by atomic mass is 9.79. The van der Waals surface area contributed by atoms with Crippen LogP contribution in [0.25, 0.3) is 16.5 Å². The normalized spacial score (nSPS) is 20.9. The maximum atomic E-state index is 13.1. The second-order valence-corrected chi connectivity index (χ2v) is 7.94. The Morgan fingerprint density at radius 1 is 1.28 bits per heavy atom. The number of aromatic nitrogens is 1. The predicted molar refractivity (Wildman–Crippen MR) is 117 cm³/mol. The van der Waals surface area contributed by atoms with Gasteiger partial charge in [0.25, 0.3) is 0 Å². The van der Waals surface area contributed by atoms with Gasteiger partial charge in [0.1, 0.15) is 0 Å². The molecule has 1 aliphatic carbocycles. The van der Waals surface area contributed by atoms with Gasteiger partial charge in [0.05, 0.1) is 11.4 Å². The minimum Gasteiger partial charge on any atom is -0.343 e. The highest BCUT2D eigenvalue weighted by atomic mass is 16.2. The summed E-state index contributed by atoms with van der Waals surface area (Å²) in [5, 5.41) is 1.15. The van der Waals surface area contributed by atoms with Crippen LogP contribution in [0.3, 0.4) is 0 Å². The van der Waals surface area contributed by atoms with Crippen molar-refractivity contribution in [3.8, 4) is 0 Å². The lowest BCUT2D eigenvalue weighted by molar-refractivity contribution is -0.134. The zero-order valence-electron chi connectivity index (χ0n) is 17.5. The van der Waals surface area contributed by atoms with Gasteiger partial charge in [-0.1, -0.05) is 24.3 Å². The molecule has 0 fully saturated rings. The zero-order valence-corrected chi connectivity index (χ0v) is 17.5. The Hall–Kier alpha value is -2.66. The SMILES string of the molecule is C=CCN1C[C@H](C(=O)N(CC)CC)C=C2c3cccc4c3c(cn4C(C)=O)C[C@H]21. The number of nitrogens with zero attached hydrogens (tertiary/aromatic N) is 3. The van der Waals surface area contributed by atoms with E-state index in [1.807, 2.05) is 43.2 Å². The summed E-state index contributed by atoms with van der Waals surface area (Å²) in [5.74, 6) is 0.0527. The fourth-order valence-electron chi connectivity index (χ4n) is 4.98. The number of benzene rings is 1. The van der Waals surface area contributed by atoms with Crippen LogP contribution >= 0.6 is 0 Å². The van der Waals surface area contributed by atoms with Crippen LogP contribution in [0, 0.1) is 5.92 Å². The first-order valence-electron chi connectivity index (χ1n) is 10.5. The number of carbonyl (C=O) groups excluding carboxylic acids is 2. The van der Waals surface area contributed by atoms with Crippen molar-refractivity contribution >= 4 is 28.3 Å². The third-order valence-corrected chi connectivity index (χ3v) is 6.34. The molecule has 0 radical (unpaired) electrons. The number of carbonyl (C=O) groups is 2. The Balaban J connectivity index is 1.86. The van der Waals surface area contributed by atoms with Gasteiger partial charge in [0.15, 0.2) is 0 Å². The first-order valence-corrected chi connectivity index (χ1v) is 10.5. The van der Waals surface area contributed by atoms with E-state index in [9.17, 15) is 9.59 Å². The van der Waals surface area contributed by atoms with Gasteiger partial charge in [0.2, 0.25) is 11.8 Å². The maximum Gasteiger partial charge on any atom is 0.230 e. The minimum absolute atomic E-state index is 0.0230. The highest BCUT2D eigenvalue weighted by Gasteiger charge is 2.38. The predicted octanol–water partition coefficient (Wildman–Crippen LogP) is 3.60. The van der Waals surface area contributed by atoms with Gasteiger partial charge in [-0.2, -0.15) is 0 Å². The molecule has 0 bridgehead atoms.